The quantitative estimate of drug-likeness (QED) is 0.567. The molecular formula is C22H20Cl2N4O3. The second-order valence-corrected chi connectivity index (χ2v) is 8.23. The molecule has 0 saturated heterocycles. The number of anilines is 1. The second-order valence-electron chi connectivity index (χ2n) is 7.42. The summed E-state index contributed by atoms with van der Waals surface area (Å²) < 4.78 is 1.40. The van der Waals surface area contributed by atoms with Crippen LogP contribution in [0.3, 0.4) is 0 Å². The van der Waals surface area contributed by atoms with Gasteiger partial charge in [0.15, 0.2) is 0 Å². The van der Waals surface area contributed by atoms with Gasteiger partial charge in [-0.3, -0.25) is 19.0 Å². The van der Waals surface area contributed by atoms with Crippen molar-refractivity contribution < 1.29 is 14.4 Å². The van der Waals surface area contributed by atoms with Gasteiger partial charge in [0.1, 0.15) is 5.82 Å². The number of hydrogen-bond donors (Lipinski definition) is 2. The van der Waals surface area contributed by atoms with Crippen LogP contribution < -0.4 is 10.6 Å². The molecule has 0 spiro atoms. The highest BCUT2D eigenvalue weighted by molar-refractivity contribution is 6.40. The predicted molar refractivity (Wildman–Crippen MR) is 120 cm³/mol. The lowest BCUT2D eigenvalue weighted by molar-refractivity contribution is -0.117. The molecule has 0 atom stereocenters. The summed E-state index contributed by atoms with van der Waals surface area (Å²) in [6.07, 6.45) is 5.66. The lowest BCUT2D eigenvalue weighted by Crippen LogP contribution is -2.24. The number of amides is 2. The van der Waals surface area contributed by atoms with Crippen molar-refractivity contribution >= 4 is 57.6 Å². The van der Waals surface area contributed by atoms with Gasteiger partial charge >= 0.3 is 0 Å². The van der Waals surface area contributed by atoms with Gasteiger partial charge in [0, 0.05) is 35.8 Å². The van der Waals surface area contributed by atoms with E-state index in [1.165, 1.54) is 22.9 Å². The van der Waals surface area contributed by atoms with Gasteiger partial charge in [-0.2, -0.15) is 0 Å². The molecule has 9 heteroatoms. The number of benzene rings is 1. The van der Waals surface area contributed by atoms with Gasteiger partial charge in [0.2, 0.25) is 5.91 Å². The monoisotopic (exact) mass is 458 g/mol. The normalized spacial score (nSPS) is 13.3. The van der Waals surface area contributed by atoms with E-state index in [1.54, 1.807) is 18.3 Å². The maximum Gasteiger partial charge on any atom is 0.265 e. The predicted octanol–water partition coefficient (Wildman–Crippen LogP) is 4.52. The molecule has 0 bridgehead atoms. The SMILES string of the molecule is CCCNC(=O)c1cc(Cl)c(C(=O)n2ccc3c(NC(=O)C4CC4)nccc32)c(Cl)c1. The van der Waals surface area contributed by atoms with Crippen molar-refractivity contribution in [2.45, 2.75) is 26.2 Å². The Labute approximate surface area is 188 Å². The van der Waals surface area contributed by atoms with Gasteiger partial charge in [0.05, 0.1) is 21.1 Å². The van der Waals surface area contributed by atoms with Crippen molar-refractivity contribution in [2.24, 2.45) is 5.92 Å². The molecule has 2 heterocycles. The number of halogens is 2. The maximum atomic E-state index is 13.3. The van der Waals surface area contributed by atoms with E-state index < -0.39 is 5.91 Å². The zero-order valence-corrected chi connectivity index (χ0v) is 18.3. The summed E-state index contributed by atoms with van der Waals surface area (Å²) in [5.74, 6) is -0.385. The topological polar surface area (TPSA) is 93.1 Å². The van der Waals surface area contributed by atoms with Crippen molar-refractivity contribution in [3.05, 3.63) is 57.8 Å². The summed E-state index contributed by atoms with van der Waals surface area (Å²) in [6, 6.07) is 6.24. The molecule has 3 aromatic rings. The Morgan fingerprint density at radius 1 is 1.16 bits per heavy atom. The van der Waals surface area contributed by atoms with E-state index in [0.29, 0.717) is 23.3 Å². The third-order valence-electron chi connectivity index (χ3n) is 5.08. The summed E-state index contributed by atoms with van der Waals surface area (Å²) in [4.78, 5) is 41.8. The Kier molecular flexibility index (Phi) is 5.98. The van der Waals surface area contributed by atoms with Gasteiger partial charge in [-0.15, -0.1) is 0 Å². The molecule has 1 saturated carbocycles. The van der Waals surface area contributed by atoms with Crippen LogP contribution in [0.1, 0.15) is 46.9 Å². The highest BCUT2D eigenvalue weighted by Gasteiger charge is 2.30. The molecule has 1 aliphatic carbocycles. The lowest BCUT2D eigenvalue weighted by Gasteiger charge is -2.11. The molecular weight excluding hydrogens is 439 g/mol. The average Bonchev–Trinajstić information content (AvgIpc) is 3.50. The third kappa shape index (κ3) is 4.29. The van der Waals surface area contributed by atoms with Crippen molar-refractivity contribution in [3.8, 4) is 0 Å². The van der Waals surface area contributed by atoms with Crippen molar-refractivity contribution in [3.63, 3.8) is 0 Å². The van der Waals surface area contributed by atoms with Crippen molar-refractivity contribution in [1.82, 2.24) is 14.9 Å². The second kappa shape index (κ2) is 8.69. The van der Waals surface area contributed by atoms with Crippen LogP contribution in [0.15, 0.2) is 36.7 Å². The summed E-state index contributed by atoms with van der Waals surface area (Å²) in [5.41, 5.74) is 0.933. The van der Waals surface area contributed by atoms with E-state index in [9.17, 15) is 14.4 Å². The minimum Gasteiger partial charge on any atom is -0.352 e. The van der Waals surface area contributed by atoms with E-state index >= 15 is 0 Å². The zero-order chi connectivity index (χ0) is 22.1. The fourth-order valence-electron chi connectivity index (χ4n) is 3.28. The van der Waals surface area contributed by atoms with E-state index in [1.807, 2.05) is 6.92 Å². The van der Waals surface area contributed by atoms with E-state index in [0.717, 1.165) is 19.3 Å². The molecule has 2 N–H and O–H groups in total. The summed E-state index contributed by atoms with van der Waals surface area (Å²) in [6.45, 7) is 2.47. The molecule has 0 radical (unpaired) electrons. The molecule has 0 unspecified atom stereocenters. The van der Waals surface area contributed by atoms with Crippen LogP contribution in [0.25, 0.3) is 10.9 Å². The third-order valence-corrected chi connectivity index (χ3v) is 5.68. The fourth-order valence-corrected chi connectivity index (χ4v) is 3.93. The molecule has 2 amide bonds. The number of rotatable bonds is 6. The van der Waals surface area contributed by atoms with Crippen LogP contribution in [-0.4, -0.2) is 33.8 Å². The van der Waals surface area contributed by atoms with E-state index in [2.05, 4.69) is 15.6 Å². The van der Waals surface area contributed by atoms with E-state index in [4.69, 9.17) is 23.2 Å². The first-order valence-corrected chi connectivity index (χ1v) is 10.7. The van der Waals surface area contributed by atoms with Gasteiger partial charge in [0.25, 0.3) is 11.8 Å². The first-order valence-electron chi connectivity index (χ1n) is 9.99. The first kappa shape index (κ1) is 21.3. The number of fused-ring (bicyclic) bond motifs is 1. The smallest absolute Gasteiger partial charge is 0.265 e. The number of hydrogen-bond acceptors (Lipinski definition) is 4. The Morgan fingerprint density at radius 3 is 2.52 bits per heavy atom. The van der Waals surface area contributed by atoms with Crippen molar-refractivity contribution in [2.75, 3.05) is 11.9 Å². The van der Waals surface area contributed by atoms with Crippen LogP contribution in [-0.2, 0) is 4.79 Å². The molecule has 4 rings (SSSR count). The average molecular weight is 459 g/mol. The Bertz CT molecular complexity index is 1180. The molecule has 1 fully saturated rings. The van der Waals surface area contributed by atoms with Gasteiger partial charge in [-0.1, -0.05) is 30.1 Å². The Morgan fingerprint density at radius 2 is 1.87 bits per heavy atom. The summed E-state index contributed by atoms with van der Waals surface area (Å²) >= 11 is 12.7. The van der Waals surface area contributed by atoms with Crippen LogP contribution in [0.4, 0.5) is 5.82 Å². The Balaban J connectivity index is 1.66. The zero-order valence-electron chi connectivity index (χ0n) is 16.7. The number of pyridine rings is 1. The van der Waals surface area contributed by atoms with Crippen LogP contribution in [0.2, 0.25) is 10.0 Å². The summed E-state index contributed by atoms with van der Waals surface area (Å²) in [5, 5.41) is 6.37. The van der Waals surface area contributed by atoms with Crippen LogP contribution in [0, 0.1) is 5.92 Å². The number of nitrogens with zero attached hydrogens (tertiary/aromatic N) is 2. The van der Waals surface area contributed by atoms with Gasteiger partial charge in [-0.25, -0.2) is 4.98 Å². The molecule has 31 heavy (non-hydrogen) atoms. The highest BCUT2D eigenvalue weighted by Crippen LogP contribution is 2.32. The molecule has 2 aromatic heterocycles. The largest absolute Gasteiger partial charge is 0.352 e. The summed E-state index contributed by atoms with van der Waals surface area (Å²) in [7, 11) is 0. The van der Waals surface area contributed by atoms with Crippen molar-refractivity contribution in [1.29, 1.82) is 0 Å². The van der Waals surface area contributed by atoms with Crippen LogP contribution in [0.5, 0.6) is 0 Å². The standard InChI is InChI=1S/C22H20Cl2N4O3/c1-2-7-26-20(29)13-10-15(23)18(16(24)11-13)22(31)28-9-6-14-17(28)5-8-25-19(14)27-21(30)12-3-4-12/h5-6,8-12H,2-4,7H2,1H3,(H,26,29)(H,25,27,30). The number of carbonyl (C=O) groups excluding carboxylic acids is 3. The van der Waals surface area contributed by atoms with Gasteiger partial charge in [-0.05, 0) is 43.5 Å². The minimum atomic E-state index is -0.448. The minimum absolute atomic E-state index is 0.0337. The van der Waals surface area contributed by atoms with Crippen LogP contribution >= 0.6 is 23.2 Å². The Hall–Kier alpha value is -2.90. The maximum absolute atomic E-state index is 13.3. The molecule has 7 nitrogen and oxygen atoms in total. The molecule has 1 aliphatic rings. The molecule has 160 valence electrons. The first-order chi connectivity index (χ1) is 14.9. The fraction of sp³-hybridized carbons (Fsp3) is 0.273. The lowest BCUT2D eigenvalue weighted by atomic mass is 10.1. The van der Waals surface area contributed by atoms with Gasteiger partial charge < -0.3 is 10.6 Å². The molecule has 1 aromatic carbocycles. The molecule has 0 aliphatic heterocycles. The number of aromatic nitrogens is 2. The number of nitrogens with one attached hydrogen (secondary N) is 2. The highest BCUT2D eigenvalue weighted by atomic mass is 35.5. The van der Waals surface area contributed by atoms with E-state index in [-0.39, 0.29) is 38.9 Å². The number of carbonyl (C=O) groups is 3.